The Labute approximate surface area is 182 Å². The standard InChI is InChI=1S/C23H37BNO5/c1-11-15(2)19(25-20(26)29-21(4,5)6)28-18-14-17(13-12-16(18)3)24-30-23(9,10)22(7,8)27/h12-15,27H,11H2,1-10H3. The number of benzene rings is 1. The minimum absolute atomic E-state index is 0.0603. The van der Waals surface area contributed by atoms with Crippen LogP contribution >= 0.6 is 0 Å². The highest BCUT2D eigenvalue weighted by Crippen LogP contribution is 2.25. The van der Waals surface area contributed by atoms with Crippen LogP contribution in [0.4, 0.5) is 4.79 Å². The van der Waals surface area contributed by atoms with Crippen molar-refractivity contribution < 1.29 is 24.0 Å². The number of hydrogen-bond donors (Lipinski definition) is 1. The van der Waals surface area contributed by atoms with Crippen molar-refractivity contribution in [2.45, 2.75) is 92.5 Å². The van der Waals surface area contributed by atoms with Crippen molar-refractivity contribution in [3.8, 4) is 5.75 Å². The number of amides is 1. The molecule has 0 spiro atoms. The molecule has 0 heterocycles. The number of aliphatic imine (C=N–C) groups is 1. The van der Waals surface area contributed by atoms with Crippen LogP contribution in [-0.4, -0.2) is 41.4 Å². The van der Waals surface area contributed by atoms with Gasteiger partial charge < -0.3 is 19.2 Å². The fourth-order valence-corrected chi connectivity index (χ4v) is 2.06. The molecule has 0 saturated carbocycles. The number of aliphatic hydroxyl groups is 1. The Morgan fingerprint density at radius 1 is 1.17 bits per heavy atom. The van der Waals surface area contributed by atoms with Crippen molar-refractivity contribution >= 4 is 24.9 Å². The van der Waals surface area contributed by atoms with Gasteiger partial charge in [-0.25, -0.2) is 4.79 Å². The molecule has 1 aromatic carbocycles. The van der Waals surface area contributed by atoms with E-state index in [9.17, 15) is 9.90 Å². The number of aryl methyl sites for hydroxylation is 1. The number of rotatable bonds is 7. The van der Waals surface area contributed by atoms with E-state index < -0.39 is 22.9 Å². The van der Waals surface area contributed by atoms with Gasteiger partial charge in [-0.1, -0.05) is 26.0 Å². The number of carbonyl (C=O) groups excluding carboxylic acids is 1. The van der Waals surface area contributed by atoms with Crippen LogP contribution in [0, 0.1) is 12.8 Å². The lowest BCUT2D eigenvalue weighted by atomic mass is 9.82. The molecule has 1 atom stereocenters. The van der Waals surface area contributed by atoms with Crippen molar-refractivity contribution in [1.82, 2.24) is 0 Å². The van der Waals surface area contributed by atoms with E-state index >= 15 is 0 Å². The van der Waals surface area contributed by atoms with Crippen molar-refractivity contribution in [1.29, 1.82) is 0 Å². The van der Waals surface area contributed by atoms with E-state index in [-0.39, 0.29) is 5.92 Å². The molecule has 1 radical (unpaired) electrons. The van der Waals surface area contributed by atoms with Gasteiger partial charge in [0.05, 0.1) is 11.2 Å². The first kappa shape index (κ1) is 26.2. The molecule has 0 aromatic heterocycles. The zero-order chi connectivity index (χ0) is 23.3. The number of hydrogen-bond acceptors (Lipinski definition) is 5. The van der Waals surface area contributed by atoms with Crippen molar-refractivity contribution in [3.63, 3.8) is 0 Å². The van der Waals surface area contributed by atoms with Gasteiger partial charge in [0.1, 0.15) is 11.4 Å². The highest BCUT2D eigenvalue weighted by Gasteiger charge is 2.35. The quantitative estimate of drug-likeness (QED) is 0.399. The van der Waals surface area contributed by atoms with Crippen LogP contribution in [0.25, 0.3) is 0 Å². The van der Waals surface area contributed by atoms with E-state index in [1.54, 1.807) is 42.1 Å². The van der Waals surface area contributed by atoms with Gasteiger partial charge in [0.25, 0.3) is 0 Å². The highest BCUT2D eigenvalue weighted by atomic mass is 16.6. The molecular formula is C23H37BNO5. The molecule has 1 N–H and O–H groups in total. The predicted molar refractivity (Wildman–Crippen MR) is 122 cm³/mol. The number of nitrogens with zero attached hydrogens (tertiary/aromatic N) is 1. The van der Waals surface area contributed by atoms with E-state index in [2.05, 4.69) is 4.99 Å². The molecule has 0 aliphatic rings. The van der Waals surface area contributed by atoms with Crippen LogP contribution in [0.5, 0.6) is 5.75 Å². The fraction of sp³-hybridized carbons (Fsp3) is 0.652. The summed E-state index contributed by atoms with van der Waals surface area (Å²) < 4.78 is 17.2. The molecule has 1 aromatic rings. The maximum Gasteiger partial charge on any atom is 0.437 e. The van der Waals surface area contributed by atoms with Crippen LogP contribution < -0.4 is 10.2 Å². The molecule has 0 bridgehead atoms. The van der Waals surface area contributed by atoms with Crippen LogP contribution in [0.3, 0.4) is 0 Å². The minimum Gasteiger partial charge on any atom is -0.442 e. The Kier molecular flexibility index (Phi) is 8.70. The summed E-state index contributed by atoms with van der Waals surface area (Å²) in [5, 5.41) is 10.3. The zero-order valence-corrected chi connectivity index (χ0v) is 20.1. The summed E-state index contributed by atoms with van der Waals surface area (Å²) in [7, 11) is 1.60. The van der Waals surface area contributed by atoms with Crippen LogP contribution in [0.1, 0.15) is 74.3 Å². The van der Waals surface area contributed by atoms with Crippen LogP contribution in [-0.2, 0) is 9.39 Å². The molecular weight excluding hydrogens is 381 g/mol. The second-order valence-electron chi connectivity index (χ2n) is 9.67. The van der Waals surface area contributed by atoms with Gasteiger partial charge in [-0.15, -0.1) is 4.99 Å². The first-order chi connectivity index (χ1) is 13.6. The summed E-state index contributed by atoms with van der Waals surface area (Å²) in [4.78, 5) is 16.3. The highest BCUT2D eigenvalue weighted by molar-refractivity contribution is 6.47. The number of carbonyl (C=O) groups is 1. The summed E-state index contributed by atoms with van der Waals surface area (Å²) in [5.41, 5.74) is -0.755. The number of ether oxygens (including phenoxy) is 2. The average Bonchev–Trinajstić information content (AvgIpc) is 2.58. The lowest BCUT2D eigenvalue weighted by molar-refractivity contribution is -0.0893. The third kappa shape index (κ3) is 8.11. The van der Waals surface area contributed by atoms with E-state index in [1.807, 2.05) is 52.8 Å². The molecule has 1 unspecified atom stereocenters. The van der Waals surface area contributed by atoms with Gasteiger partial charge in [0.2, 0.25) is 5.90 Å². The Hall–Kier alpha value is -1.86. The Balaban J connectivity index is 3.08. The Morgan fingerprint density at radius 2 is 1.77 bits per heavy atom. The smallest absolute Gasteiger partial charge is 0.437 e. The Bertz CT molecular complexity index is 760. The topological polar surface area (TPSA) is 77.4 Å². The maximum absolute atomic E-state index is 12.2. The third-order valence-corrected chi connectivity index (χ3v) is 5.02. The molecule has 6 nitrogen and oxygen atoms in total. The first-order valence-corrected chi connectivity index (χ1v) is 10.4. The molecule has 167 valence electrons. The van der Waals surface area contributed by atoms with Gasteiger partial charge in [-0.2, -0.15) is 0 Å². The minimum atomic E-state index is -1.02. The third-order valence-electron chi connectivity index (χ3n) is 5.02. The summed E-state index contributed by atoms with van der Waals surface area (Å²) in [6.45, 7) is 18.3. The molecule has 0 aliphatic carbocycles. The van der Waals surface area contributed by atoms with Gasteiger partial charge >= 0.3 is 13.6 Å². The Morgan fingerprint density at radius 3 is 2.27 bits per heavy atom. The summed E-state index contributed by atoms with van der Waals surface area (Å²) >= 11 is 0. The monoisotopic (exact) mass is 418 g/mol. The van der Waals surface area contributed by atoms with E-state index in [1.165, 1.54) is 0 Å². The average molecular weight is 418 g/mol. The van der Waals surface area contributed by atoms with E-state index in [0.29, 0.717) is 11.6 Å². The largest absolute Gasteiger partial charge is 0.442 e. The fourth-order valence-electron chi connectivity index (χ4n) is 2.06. The zero-order valence-electron chi connectivity index (χ0n) is 20.1. The van der Waals surface area contributed by atoms with E-state index in [0.717, 1.165) is 17.4 Å². The van der Waals surface area contributed by atoms with Gasteiger partial charge in [0, 0.05) is 5.92 Å². The first-order valence-electron chi connectivity index (χ1n) is 10.4. The van der Waals surface area contributed by atoms with Crippen molar-refractivity contribution in [2.24, 2.45) is 10.9 Å². The maximum atomic E-state index is 12.2. The van der Waals surface area contributed by atoms with Crippen LogP contribution in [0.2, 0.25) is 0 Å². The molecule has 0 saturated heterocycles. The molecule has 1 amide bonds. The molecule has 0 fully saturated rings. The van der Waals surface area contributed by atoms with Crippen molar-refractivity contribution in [2.75, 3.05) is 0 Å². The van der Waals surface area contributed by atoms with Crippen LogP contribution in [0.15, 0.2) is 23.2 Å². The predicted octanol–water partition coefficient (Wildman–Crippen LogP) is 4.56. The second kappa shape index (κ2) is 9.97. The second-order valence-corrected chi connectivity index (χ2v) is 9.67. The molecule has 7 heteroatoms. The summed E-state index contributed by atoms with van der Waals surface area (Å²) in [6.07, 6.45) is 0.0866. The molecule has 30 heavy (non-hydrogen) atoms. The van der Waals surface area contributed by atoms with Crippen molar-refractivity contribution in [3.05, 3.63) is 23.8 Å². The molecule has 1 rings (SSSR count). The van der Waals surface area contributed by atoms with Gasteiger partial charge in [0.15, 0.2) is 0 Å². The summed E-state index contributed by atoms with van der Waals surface area (Å²) in [5.74, 6) is 0.829. The normalized spacial score (nSPS) is 14.3. The molecule has 0 aliphatic heterocycles. The van der Waals surface area contributed by atoms with Gasteiger partial charge in [-0.05, 0) is 78.9 Å². The van der Waals surface area contributed by atoms with Gasteiger partial charge in [-0.3, -0.25) is 0 Å². The summed E-state index contributed by atoms with van der Waals surface area (Å²) in [6, 6.07) is 5.63. The SMILES string of the molecule is CCC(C)C(=NC(=O)OC(C)(C)C)Oc1cc([B]OC(C)(C)C(C)(C)O)ccc1C. The lowest BCUT2D eigenvalue weighted by Crippen LogP contribution is -2.49. The van der Waals surface area contributed by atoms with E-state index in [4.69, 9.17) is 14.1 Å². The lowest BCUT2D eigenvalue weighted by Gasteiger charge is -2.37.